The lowest BCUT2D eigenvalue weighted by atomic mass is 9.97. The van der Waals surface area contributed by atoms with Crippen LogP contribution in [-0.2, 0) is 11.3 Å². The molecule has 1 aliphatic rings. The van der Waals surface area contributed by atoms with E-state index in [0.717, 1.165) is 6.42 Å². The first kappa shape index (κ1) is 31.8. The van der Waals surface area contributed by atoms with Gasteiger partial charge in [-0.05, 0) is 54.5 Å². The number of aromatic nitrogens is 2. The van der Waals surface area contributed by atoms with Gasteiger partial charge in [0, 0.05) is 25.2 Å². The van der Waals surface area contributed by atoms with Gasteiger partial charge < -0.3 is 14.8 Å². The predicted octanol–water partition coefficient (Wildman–Crippen LogP) is 6.16. The third kappa shape index (κ3) is 7.65. The van der Waals surface area contributed by atoms with Crippen LogP contribution >= 0.6 is 11.3 Å². The van der Waals surface area contributed by atoms with Crippen molar-refractivity contribution in [3.05, 3.63) is 57.3 Å². The molecular weight excluding hydrogens is 574 g/mol. The lowest BCUT2D eigenvalue weighted by molar-refractivity contribution is -0.127. The number of rotatable bonds is 9. The number of thiophene rings is 1. The Hall–Kier alpha value is -4.11. The van der Waals surface area contributed by atoms with Gasteiger partial charge in [-0.25, -0.2) is 13.8 Å². The van der Waals surface area contributed by atoms with E-state index >= 15 is 0 Å². The van der Waals surface area contributed by atoms with Gasteiger partial charge in [-0.15, -0.1) is 11.3 Å². The van der Waals surface area contributed by atoms with Crippen molar-refractivity contribution in [2.24, 2.45) is 11.3 Å². The number of imidazole rings is 1. The number of halogens is 2. The summed E-state index contributed by atoms with van der Waals surface area (Å²) in [4.78, 5) is 45.5. The van der Waals surface area contributed by atoms with Crippen LogP contribution in [0.15, 0.2) is 42.0 Å². The molecule has 1 saturated heterocycles. The van der Waals surface area contributed by atoms with Crippen molar-refractivity contribution >= 4 is 46.0 Å². The van der Waals surface area contributed by atoms with Crippen molar-refractivity contribution in [1.29, 1.82) is 5.26 Å². The van der Waals surface area contributed by atoms with Crippen LogP contribution in [0.1, 0.15) is 78.8 Å². The van der Waals surface area contributed by atoms with Gasteiger partial charge in [0.05, 0.1) is 26.8 Å². The molecule has 1 aliphatic heterocycles. The fourth-order valence-electron chi connectivity index (χ4n) is 4.90. The molecule has 1 aromatic carbocycles. The third-order valence-corrected chi connectivity index (χ3v) is 8.05. The fourth-order valence-corrected chi connectivity index (χ4v) is 5.66. The first-order chi connectivity index (χ1) is 20.3. The van der Waals surface area contributed by atoms with Gasteiger partial charge in [-0.3, -0.25) is 19.7 Å². The highest BCUT2D eigenvalue weighted by atomic mass is 32.1. The summed E-state index contributed by atoms with van der Waals surface area (Å²) in [6.07, 6.45) is 0.383. The number of amides is 3. The maximum Gasteiger partial charge on any atom is 0.272 e. The van der Waals surface area contributed by atoms with Crippen LogP contribution in [0.3, 0.4) is 0 Å². The van der Waals surface area contributed by atoms with Crippen LogP contribution in [0.25, 0.3) is 11.0 Å². The van der Waals surface area contributed by atoms with Gasteiger partial charge in [-0.2, -0.15) is 5.26 Å². The minimum absolute atomic E-state index is 0.0247. The lowest BCUT2D eigenvalue weighted by Gasteiger charge is -2.26. The van der Waals surface area contributed by atoms with Crippen LogP contribution in [0.5, 0.6) is 0 Å². The van der Waals surface area contributed by atoms with Gasteiger partial charge in [0.25, 0.3) is 24.1 Å². The number of likely N-dealkylation sites (tertiary alicyclic amines) is 1. The minimum Gasteiger partial charge on any atom is -0.352 e. The number of nitrogens with zero attached hydrogens (tertiary/aromatic N) is 4. The average molecular weight is 611 g/mol. The fraction of sp³-hybridized carbons (Fsp3) is 0.452. The molecule has 2 N–H and O–H groups in total. The molecule has 1 unspecified atom stereocenters. The van der Waals surface area contributed by atoms with Crippen LogP contribution in [0.4, 0.5) is 14.7 Å². The normalized spacial score (nSPS) is 15.8. The molecular formula is C31H36F2N6O3S. The third-order valence-electron chi connectivity index (χ3n) is 6.96. The molecule has 3 heterocycles. The Bertz CT molecular complexity index is 1590. The summed E-state index contributed by atoms with van der Waals surface area (Å²) < 4.78 is 28.1. The summed E-state index contributed by atoms with van der Waals surface area (Å²) in [6, 6.07) is 9.35. The summed E-state index contributed by atoms with van der Waals surface area (Å²) in [7, 11) is 0. The quantitative estimate of drug-likeness (QED) is 0.222. The van der Waals surface area contributed by atoms with Crippen molar-refractivity contribution in [3.63, 3.8) is 0 Å². The van der Waals surface area contributed by atoms with Crippen molar-refractivity contribution in [3.8, 4) is 6.07 Å². The van der Waals surface area contributed by atoms with E-state index in [9.17, 15) is 28.4 Å². The highest BCUT2D eigenvalue weighted by Crippen LogP contribution is 2.30. The molecule has 228 valence electrons. The van der Waals surface area contributed by atoms with Crippen LogP contribution in [0.2, 0.25) is 0 Å². The number of allylic oxidation sites excluding steroid dienone is 1. The van der Waals surface area contributed by atoms with Gasteiger partial charge in [0.1, 0.15) is 11.6 Å². The molecule has 43 heavy (non-hydrogen) atoms. The zero-order valence-corrected chi connectivity index (χ0v) is 25.7. The predicted molar refractivity (Wildman–Crippen MR) is 162 cm³/mol. The number of nitriles is 1. The SMILES string of the molecule is CC(C)C=C(C#N)C(=O)N1CCCC1Cn1c(NC(=O)c2ccc(C(F)F)s2)nc2cc(C(=O)NCC(C)(C)C)ccc21. The number of carbonyl (C=O) groups is 3. The molecule has 0 saturated carbocycles. The van der Waals surface area contributed by atoms with E-state index in [4.69, 9.17) is 0 Å². The zero-order chi connectivity index (χ0) is 31.5. The summed E-state index contributed by atoms with van der Waals surface area (Å²) in [5, 5.41) is 15.3. The molecule has 3 amide bonds. The Kier molecular flexibility index (Phi) is 9.65. The first-order valence-corrected chi connectivity index (χ1v) is 15.0. The molecule has 0 bridgehead atoms. The second kappa shape index (κ2) is 13.0. The standard InChI is InChI=1S/C31H36F2N6O3S/c1-18(2)13-20(15-34)29(42)38-12-6-7-21(38)16-39-23-9-8-19(27(40)35-17-31(3,4)5)14-22(23)36-30(39)37-28(41)25-11-10-24(43-25)26(32)33/h8-11,13-14,18,21,26H,6-7,12,16-17H2,1-5H3,(H,35,40)(H,36,37,41). The molecule has 0 radical (unpaired) electrons. The van der Waals surface area contributed by atoms with E-state index in [1.54, 1.807) is 33.7 Å². The summed E-state index contributed by atoms with van der Waals surface area (Å²) in [5.74, 6) is -1.01. The Morgan fingerprint density at radius 1 is 1.19 bits per heavy atom. The van der Waals surface area contributed by atoms with Gasteiger partial charge in [-0.1, -0.05) is 40.7 Å². The molecule has 4 rings (SSSR count). The molecule has 2 aromatic heterocycles. The average Bonchev–Trinajstić information content (AvgIpc) is 3.69. The maximum atomic E-state index is 13.3. The van der Waals surface area contributed by atoms with Crippen molar-refractivity contribution in [2.45, 2.75) is 66.5 Å². The van der Waals surface area contributed by atoms with E-state index in [1.165, 1.54) is 12.1 Å². The molecule has 0 aliphatic carbocycles. The number of anilines is 1. The Balaban J connectivity index is 1.69. The highest BCUT2D eigenvalue weighted by molar-refractivity contribution is 7.14. The topological polar surface area (TPSA) is 120 Å². The van der Waals surface area contributed by atoms with E-state index in [1.807, 2.05) is 40.7 Å². The van der Waals surface area contributed by atoms with Crippen LogP contribution < -0.4 is 10.6 Å². The van der Waals surface area contributed by atoms with Gasteiger partial charge in [0.15, 0.2) is 0 Å². The van der Waals surface area contributed by atoms with Crippen LogP contribution in [-0.4, -0.2) is 51.3 Å². The molecule has 3 aromatic rings. The second-order valence-electron chi connectivity index (χ2n) is 12.2. The Labute approximate surface area is 253 Å². The molecule has 1 atom stereocenters. The number of alkyl halides is 2. The maximum absolute atomic E-state index is 13.3. The zero-order valence-electron chi connectivity index (χ0n) is 24.9. The first-order valence-electron chi connectivity index (χ1n) is 14.2. The number of carbonyl (C=O) groups excluding carboxylic acids is 3. The van der Waals surface area contributed by atoms with E-state index in [-0.39, 0.29) is 57.0 Å². The molecule has 9 nitrogen and oxygen atoms in total. The number of nitrogens with one attached hydrogen (secondary N) is 2. The summed E-state index contributed by atoms with van der Waals surface area (Å²) in [5.41, 5.74) is 1.45. The van der Waals surface area contributed by atoms with Crippen LogP contribution in [0, 0.1) is 22.7 Å². The van der Waals surface area contributed by atoms with Gasteiger partial charge >= 0.3 is 0 Å². The van der Waals surface area contributed by atoms with E-state index in [2.05, 4.69) is 15.6 Å². The van der Waals surface area contributed by atoms with Crippen molar-refractivity contribution in [2.75, 3.05) is 18.4 Å². The number of hydrogen-bond acceptors (Lipinski definition) is 6. The Morgan fingerprint density at radius 2 is 1.93 bits per heavy atom. The monoisotopic (exact) mass is 610 g/mol. The smallest absolute Gasteiger partial charge is 0.272 e. The summed E-state index contributed by atoms with van der Waals surface area (Å²) in [6.45, 7) is 11.1. The largest absolute Gasteiger partial charge is 0.352 e. The molecule has 12 heteroatoms. The van der Waals surface area contributed by atoms with E-state index in [0.29, 0.717) is 47.4 Å². The summed E-state index contributed by atoms with van der Waals surface area (Å²) >= 11 is 0.701. The molecule has 1 fully saturated rings. The number of hydrogen-bond donors (Lipinski definition) is 2. The highest BCUT2D eigenvalue weighted by Gasteiger charge is 2.32. The number of fused-ring (bicyclic) bond motifs is 1. The minimum atomic E-state index is -2.69. The second-order valence-corrected chi connectivity index (χ2v) is 13.3. The number of benzene rings is 1. The Morgan fingerprint density at radius 3 is 2.56 bits per heavy atom. The van der Waals surface area contributed by atoms with Crippen molar-refractivity contribution < 1.29 is 23.2 Å². The van der Waals surface area contributed by atoms with Crippen molar-refractivity contribution in [1.82, 2.24) is 19.8 Å². The van der Waals surface area contributed by atoms with Gasteiger partial charge in [0.2, 0.25) is 5.95 Å². The lowest BCUT2D eigenvalue weighted by Crippen LogP contribution is -2.39. The van der Waals surface area contributed by atoms with E-state index < -0.39 is 12.3 Å². The molecule has 0 spiro atoms.